The van der Waals surface area contributed by atoms with Crippen molar-refractivity contribution in [2.75, 3.05) is 10.0 Å². The highest BCUT2D eigenvalue weighted by atomic mass is 35.5. The largest absolute Gasteiger partial charge is 0.320 e. The first-order valence-electron chi connectivity index (χ1n) is 8.06. The number of carbonyl (C=O) groups excluding carboxylic acids is 1. The van der Waals surface area contributed by atoms with Gasteiger partial charge >= 0.3 is 0 Å². The highest BCUT2D eigenvalue weighted by Gasteiger charge is 2.19. The number of aromatic nitrogens is 1. The summed E-state index contributed by atoms with van der Waals surface area (Å²) in [5.74, 6) is -0.391. The molecule has 0 aliphatic carbocycles. The normalized spacial score (nSPS) is 11.1. The molecule has 3 rings (SSSR count). The van der Waals surface area contributed by atoms with E-state index in [1.165, 1.54) is 30.3 Å². The smallest absolute Gasteiger partial charge is 0.263 e. The molecule has 0 aliphatic heterocycles. The molecular formula is C19H15Cl2N3O3S. The van der Waals surface area contributed by atoms with E-state index in [0.29, 0.717) is 5.69 Å². The van der Waals surface area contributed by atoms with Crippen LogP contribution in [0.25, 0.3) is 0 Å². The van der Waals surface area contributed by atoms with Gasteiger partial charge in [0, 0.05) is 22.5 Å². The number of hydrogen-bond donors (Lipinski definition) is 2. The van der Waals surface area contributed by atoms with Gasteiger partial charge in [0.1, 0.15) is 4.90 Å². The van der Waals surface area contributed by atoms with Gasteiger partial charge in [-0.1, -0.05) is 29.3 Å². The van der Waals surface area contributed by atoms with Crippen molar-refractivity contribution >= 4 is 50.5 Å². The number of halogens is 2. The lowest BCUT2D eigenvalue weighted by molar-refractivity contribution is 0.102. The first-order valence-corrected chi connectivity index (χ1v) is 10.3. The lowest BCUT2D eigenvalue weighted by Crippen LogP contribution is -2.16. The SMILES string of the molecule is Cc1ccncc1NC(=O)c1cccc(NS(=O)(=O)c2cc(Cl)ccc2Cl)c1. The Morgan fingerprint density at radius 1 is 1.07 bits per heavy atom. The maximum atomic E-state index is 12.6. The van der Waals surface area contributed by atoms with Crippen LogP contribution in [0.5, 0.6) is 0 Å². The lowest BCUT2D eigenvalue weighted by atomic mass is 10.2. The number of rotatable bonds is 5. The van der Waals surface area contributed by atoms with Crippen LogP contribution in [0.1, 0.15) is 15.9 Å². The van der Waals surface area contributed by atoms with Crippen LogP contribution >= 0.6 is 23.2 Å². The maximum Gasteiger partial charge on any atom is 0.263 e. The highest BCUT2D eigenvalue weighted by Crippen LogP contribution is 2.27. The van der Waals surface area contributed by atoms with Crippen molar-refractivity contribution in [1.29, 1.82) is 0 Å². The zero-order valence-electron chi connectivity index (χ0n) is 14.6. The molecular weight excluding hydrogens is 421 g/mol. The van der Waals surface area contributed by atoms with Crippen LogP contribution in [-0.4, -0.2) is 19.3 Å². The van der Waals surface area contributed by atoms with E-state index in [0.717, 1.165) is 5.56 Å². The van der Waals surface area contributed by atoms with Gasteiger partial charge in [0.25, 0.3) is 15.9 Å². The van der Waals surface area contributed by atoms with E-state index in [2.05, 4.69) is 15.0 Å². The number of aryl methyl sites for hydroxylation is 1. The van der Waals surface area contributed by atoms with Crippen molar-refractivity contribution < 1.29 is 13.2 Å². The molecule has 0 aliphatic rings. The van der Waals surface area contributed by atoms with Gasteiger partial charge in [-0.25, -0.2) is 8.42 Å². The first-order chi connectivity index (χ1) is 13.3. The molecule has 0 atom stereocenters. The molecule has 0 radical (unpaired) electrons. The van der Waals surface area contributed by atoms with Crippen molar-refractivity contribution in [3.8, 4) is 0 Å². The molecule has 0 spiro atoms. The Morgan fingerprint density at radius 3 is 2.61 bits per heavy atom. The number of nitrogens with one attached hydrogen (secondary N) is 2. The molecule has 28 heavy (non-hydrogen) atoms. The van der Waals surface area contributed by atoms with Crippen molar-refractivity contribution in [2.45, 2.75) is 11.8 Å². The molecule has 0 unspecified atom stereocenters. The predicted molar refractivity (Wildman–Crippen MR) is 111 cm³/mol. The zero-order chi connectivity index (χ0) is 20.3. The molecule has 2 aromatic carbocycles. The Labute approximate surface area is 172 Å². The molecule has 1 aromatic heterocycles. The molecule has 2 N–H and O–H groups in total. The van der Waals surface area contributed by atoms with E-state index in [4.69, 9.17) is 23.2 Å². The fraction of sp³-hybridized carbons (Fsp3) is 0.0526. The van der Waals surface area contributed by atoms with Gasteiger partial charge in [0.05, 0.1) is 16.9 Å². The second kappa shape index (κ2) is 8.18. The van der Waals surface area contributed by atoms with E-state index >= 15 is 0 Å². The quantitative estimate of drug-likeness (QED) is 0.604. The molecule has 9 heteroatoms. The fourth-order valence-corrected chi connectivity index (χ4v) is 4.22. The second-order valence-electron chi connectivity index (χ2n) is 5.91. The fourth-order valence-electron chi connectivity index (χ4n) is 2.41. The summed E-state index contributed by atoms with van der Waals surface area (Å²) in [4.78, 5) is 16.3. The summed E-state index contributed by atoms with van der Waals surface area (Å²) in [6, 6.07) is 12.0. The third kappa shape index (κ3) is 4.62. The highest BCUT2D eigenvalue weighted by molar-refractivity contribution is 7.92. The van der Waals surface area contributed by atoms with Gasteiger partial charge in [0.15, 0.2) is 0 Å². The number of nitrogens with zero attached hydrogens (tertiary/aromatic N) is 1. The number of carbonyl (C=O) groups is 1. The number of benzene rings is 2. The summed E-state index contributed by atoms with van der Waals surface area (Å²) in [7, 11) is -3.98. The number of pyridine rings is 1. The summed E-state index contributed by atoms with van der Waals surface area (Å²) < 4.78 is 27.7. The summed E-state index contributed by atoms with van der Waals surface area (Å²) in [5, 5.41) is 3.03. The molecule has 0 saturated carbocycles. The van der Waals surface area contributed by atoms with E-state index in [9.17, 15) is 13.2 Å². The number of anilines is 2. The van der Waals surface area contributed by atoms with Crippen LogP contribution < -0.4 is 10.0 Å². The van der Waals surface area contributed by atoms with Crippen LogP contribution in [0.3, 0.4) is 0 Å². The molecule has 1 heterocycles. The molecule has 0 bridgehead atoms. The zero-order valence-corrected chi connectivity index (χ0v) is 16.9. The topological polar surface area (TPSA) is 88.2 Å². The minimum absolute atomic E-state index is 0.0397. The van der Waals surface area contributed by atoms with Gasteiger partial charge in [-0.15, -0.1) is 0 Å². The Hall–Kier alpha value is -2.61. The van der Waals surface area contributed by atoms with Gasteiger partial charge < -0.3 is 5.32 Å². The molecule has 0 saturated heterocycles. The van der Waals surface area contributed by atoms with Crippen molar-refractivity contribution in [2.24, 2.45) is 0 Å². The summed E-state index contributed by atoms with van der Waals surface area (Å²) in [6.07, 6.45) is 3.17. The average Bonchev–Trinajstić information content (AvgIpc) is 2.65. The standard InChI is InChI=1S/C19H15Cl2N3O3S/c1-12-7-8-22-11-17(12)23-19(25)13-3-2-4-15(9-13)24-28(26,27)18-10-14(20)5-6-16(18)21/h2-11,24H,1H3,(H,23,25). The number of hydrogen-bond acceptors (Lipinski definition) is 4. The number of amides is 1. The molecule has 144 valence electrons. The van der Waals surface area contributed by atoms with Crippen molar-refractivity contribution in [3.05, 3.63) is 82.1 Å². The van der Waals surface area contributed by atoms with E-state index in [-0.39, 0.29) is 26.2 Å². The minimum atomic E-state index is -3.98. The second-order valence-corrected chi connectivity index (χ2v) is 8.40. The van der Waals surface area contributed by atoms with Crippen LogP contribution in [0.2, 0.25) is 10.0 Å². The monoisotopic (exact) mass is 435 g/mol. The molecule has 6 nitrogen and oxygen atoms in total. The van der Waals surface area contributed by atoms with Crippen molar-refractivity contribution in [3.63, 3.8) is 0 Å². The predicted octanol–water partition coefficient (Wildman–Crippen LogP) is 4.75. The van der Waals surface area contributed by atoms with Crippen LogP contribution in [-0.2, 0) is 10.0 Å². The molecule has 3 aromatic rings. The molecule has 0 fully saturated rings. The van der Waals surface area contributed by atoms with Gasteiger partial charge in [-0.3, -0.25) is 14.5 Å². The lowest BCUT2D eigenvalue weighted by Gasteiger charge is -2.12. The Morgan fingerprint density at radius 2 is 1.86 bits per heavy atom. The first kappa shape index (κ1) is 20.1. The van der Waals surface area contributed by atoms with E-state index < -0.39 is 15.9 Å². The van der Waals surface area contributed by atoms with E-state index in [1.807, 2.05) is 6.92 Å². The third-order valence-corrected chi connectivity index (χ3v) is 5.94. The van der Waals surface area contributed by atoms with Gasteiger partial charge in [-0.05, 0) is 55.0 Å². The third-order valence-electron chi connectivity index (χ3n) is 3.85. The van der Waals surface area contributed by atoms with Crippen molar-refractivity contribution in [1.82, 2.24) is 4.98 Å². The van der Waals surface area contributed by atoms with Gasteiger partial charge in [-0.2, -0.15) is 0 Å². The Kier molecular flexibility index (Phi) is 5.88. The van der Waals surface area contributed by atoms with Crippen LogP contribution in [0.15, 0.2) is 65.8 Å². The number of sulfonamides is 1. The van der Waals surface area contributed by atoms with E-state index in [1.54, 1.807) is 30.6 Å². The van der Waals surface area contributed by atoms with Gasteiger partial charge in [0.2, 0.25) is 0 Å². The summed E-state index contributed by atoms with van der Waals surface area (Å²) >= 11 is 11.9. The average molecular weight is 436 g/mol. The Balaban J connectivity index is 1.84. The van der Waals surface area contributed by atoms with Crippen LogP contribution in [0.4, 0.5) is 11.4 Å². The summed E-state index contributed by atoms with van der Waals surface area (Å²) in [6.45, 7) is 1.84. The molecule has 1 amide bonds. The Bertz CT molecular complexity index is 1150. The minimum Gasteiger partial charge on any atom is -0.320 e. The van der Waals surface area contributed by atoms with Crippen LogP contribution in [0, 0.1) is 6.92 Å². The maximum absolute atomic E-state index is 12.6. The summed E-state index contributed by atoms with van der Waals surface area (Å²) in [5.41, 5.74) is 1.92.